The van der Waals surface area contributed by atoms with Crippen molar-refractivity contribution in [2.45, 2.75) is 83.2 Å². The zero-order valence-electron chi connectivity index (χ0n) is 21.7. The van der Waals surface area contributed by atoms with E-state index in [1.165, 1.54) is 19.1 Å². The fourth-order valence-corrected chi connectivity index (χ4v) is 8.87. The molecule has 0 bridgehead atoms. The Balaban J connectivity index is 1.82. The van der Waals surface area contributed by atoms with Crippen molar-refractivity contribution < 1.29 is 38.4 Å². The zero-order chi connectivity index (χ0) is 27.4. The summed E-state index contributed by atoms with van der Waals surface area (Å²) in [6.45, 7) is 6.51. The van der Waals surface area contributed by atoms with Gasteiger partial charge in [-0.2, -0.15) is 0 Å². The number of aliphatic hydroxyl groups is 3. The van der Waals surface area contributed by atoms with Crippen molar-refractivity contribution >= 4 is 22.7 Å². The first-order valence-electron chi connectivity index (χ1n) is 12.9. The molecule has 4 aliphatic rings. The van der Waals surface area contributed by atoms with Crippen molar-refractivity contribution in [1.82, 2.24) is 0 Å². The van der Waals surface area contributed by atoms with Crippen LogP contribution in [0.15, 0.2) is 23.8 Å². The molecule has 4 rings (SSSR count). The lowest BCUT2D eigenvalue weighted by Crippen LogP contribution is -2.70. The van der Waals surface area contributed by atoms with Gasteiger partial charge in [-0.05, 0) is 62.2 Å². The van der Waals surface area contributed by atoms with Gasteiger partial charge in [0.25, 0.3) is 0 Å². The van der Waals surface area contributed by atoms with Crippen molar-refractivity contribution in [1.29, 1.82) is 0 Å². The fourth-order valence-electron chi connectivity index (χ4n) is 7.87. The van der Waals surface area contributed by atoms with Crippen LogP contribution < -0.4 is 0 Å². The van der Waals surface area contributed by atoms with E-state index in [0.29, 0.717) is 6.42 Å². The average molecular weight is 539 g/mol. The molecule has 0 aromatic heterocycles. The van der Waals surface area contributed by atoms with E-state index in [-0.39, 0.29) is 42.3 Å². The lowest BCUT2D eigenvalue weighted by Gasteiger charge is -2.63. The number of hydrogen-bond donors (Lipinski definition) is 3. The molecule has 0 aromatic carbocycles. The van der Waals surface area contributed by atoms with Gasteiger partial charge in [-0.15, -0.1) is 0 Å². The van der Waals surface area contributed by atoms with Crippen LogP contribution in [-0.4, -0.2) is 68.4 Å². The molecule has 6 nitrogen and oxygen atoms in total. The first kappa shape index (κ1) is 28.4. The lowest BCUT2D eigenvalue weighted by atomic mass is 9.44. The summed E-state index contributed by atoms with van der Waals surface area (Å²) in [7, 11) is 0. The standard InChI is InChI=1S/C28H36F2O6S/c1-5-23(34)36-28(24(35)37-11-7-6-10-31)16(2)12-18-19-14-21(29)20-13-17(32)8-9-25(20,3)27(19,30)22(33)15-26(18,28)4/h8-9,13,16,18-19,21-23,31,33-34H,5,10-12,14-15H2,1-4H3/t16-,18?,19?,21+,22+,23?,25+,26+,27+,28+/m1/s1. The Hall–Kier alpha value is -1.57. The number of fused-ring (bicyclic) bond motifs is 5. The predicted molar refractivity (Wildman–Crippen MR) is 136 cm³/mol. The number of allylic oxidation sites excluding steroid dienone is 4. The molecule has 3 fully saturated rings. The second kappa shape index (κ2) is 9.87. The summed E-state index contributed by atoms with van der Waals surface area (Å²) in [5, 5.41) is 30.7. The van der Waals surface area contributed by atoms with Crippen LogP contribution in [0, 0.1) is 40.4 Å². The highest BCUT2D eigenvalue weighted by atomic mass is 32.2. The Bertz CT molecular complexity index is 1080. The van der Waals surface area contributed by atoms with E-state index in [2.05, 4.69) is 11.8 Å². The van der Waals surface area contributed by atoms with E-state index < -0.39 is 64.2 Å². The van der Waals surface area contributed by atoms with Crippen molar-refractivity contribution in [2.75, 3.05) is 12.4 Å². The topological polar surface area (TPSA) is 104 Å². The number of hydrogen-bond acceptors (Lipinski definition) is 7. The van der Waals surface area contributed by atoms with Gasteiger partial charge in [-0.1, -0.05) is 50.4 Å². The Morgan fingerprint density at radius 3 is 2.65 bits per heavy atom. The van der Waals surface area contributed by atoms with Crippen molar-refractivity contribution in [3.05, 3.63) is 23.8 Å². The van der Waals surface area contributed by atoms with Crippen LogP contribution >= 0.6 is 11.8 Å². The van der Waals surface area contributed by atoms with Crippen LogP contribution in [0.5, 0.6) is 0 Å². The monoisotopic (exact) mass is 538 g/mol. The number of ether oxygens (including phenoxy) is 1. The maximum atomic E-state index is 17.4. The number of carbonyl (C=O) groups excluding carboxylic acids is 2. The third-order valence-electron chi connectivity index (χ3n) is 9.62. The lowest BCUT2D eigenvalue weighted by molar-refractivity contribution is -0.260. The molecule has 10 atom stereocenters. The van der Waals surface area contributed by atoms with Crippen LogP contribution in [0.3, 0.4) is 0 Å². The largest absolute Gasteiger partial charge is 0.390 e. The molecule has 0 saturated heterocycles. The van der Waals surface area contributed by atoms with Crippen molar-refractivity contribution in [3.8, 4) is 11.8 Å². The minimum Gasteiger partial charge on any atom is -0.390 e. The molecule has 204 valence electrons. The fraction of sp³-hybridized carbons (Fsp3) is 0.714. The Kier molecular flexibility index (Phi) is 7.59. The number of alkyl halides is 2. The number of rotatable bonds is 5. The summed E-state index contributed by atoms with van der Waals surface area (Å²) < 4.78 is 39.2. The van der Waals surface area contributed by atoms with Gasteiger partial charge in [0.2, 0.25) is 5.12 Å². The highest BCUT2D eigenvalue weighted by Gasteiger charge is 2.77. The predicted octanol–water partition coefficient (Wildman–Crippen LogP) is 3.29. The normalized spacial score (nSPS) is 45.2. The summed E-state index contributed by atoms with van der Waals surface area (Å²) in [5.74, 6) is 2.94. The molecular formula is C28H36F2O6S. The molecule has 0 radical (unpaired) electrons. The average Bonchev–Trinajstić information content (AvgIpc) is 3.06. The minimum absolute atomic E-state index is 0.0467. The summed E-state index contributed by atoms with van der Waals surface area (Å²) in [6.07, 6.45) is -0.442. The van der Waals surface area contributed by atoms with Gasteiger partial charge in [0.05, 0.1) is 11.9 Å². The molecule has 0 aromatic rings. The van der Waals surface area contributed by atoms with Crippen LogP contribution in [-0.2, 0) is 14.3 Å². The van der Waals surface area contributed by atoms with Crippen LogP contribution in [0.4, 0.5) is 8.78 Å². The zero-order valence-corrected chi connectivity index (χ0v) is 22.5. The summed E-state index contributed by atoms with van der Waals surface area (Å²) in [6, 6.07) is 0. The smallest absolute Gasteiger partial charge is 0.222 e. The molecule has 3 N–H and O–H groups in total. The van der Waals surface area contributed by atoms with E-state index >= 15 is 8.78 Å². The number of thioether (sulfide) groups is 1. The van der Waals surface area contributed by atoms with Crippen molar-refractivity contribution in [2.24, 2.45) is 28.6 Å². The van der Waals surface area contributed by atoms with E-state index in [1.54, 1.807) is 13.8 Å². The third-order valence-corrected chi connectivity index (χ3v) is 10.5. The molecule has 9 heteroatoms. The molecule has 0 heterocycles. The summed E-state index contributed by atoms with van der Waals surface area (Å²) in [4.78, 5) is 25.9. The van der Waals surface area contributed by atoms with Gasteiger partial charge >= 0.3 is 0 Å². The first-order chi connectivity index (χ1) is 17.3. The Morgan fingerprint density at radius 2 is 2.00 bits per heavy atom. The molecule has 3 saturated carbocycles. The van der Waals surface area contributed by atoms with Gasteiger partial charge in [-0.3, -0.25) is 9.59 Å². The van der Waals surface area contributed by atoms with E-state index in [9.17, 15) is 19.8 Å². The number of halogens is 2. The Labute approximate surface area is 220 Å². The highest BCUT2D eigenvalue weighted by molar-refractivity contribution is 8.14. The molecule has 0 amide bonds. The van der Waals surface area contributed by atoms with Gasteiger partial charge in [0.15, 0.2) is 17.7 Å². The highest BCUT2D eigenvalue weighted by Crippen LogP contribution is 2.72. The second-order valence-corrected chi connectivity index (χ2v) is 12.2. The van der Waals surface area contributed by atoms with E-state index in [0.717, 1.165) is 17.8 Å². The van der Waals surface area contributed by atoms with E-state index in [1.807, 2.05) is 6.92 Å². The van der Waals surface area contributed by atoms with Gasteiger partial charge in [0, 0.05) is 16.7 Å². The van der Waals surface area contributed by atoms with Crippen molar-refractivity contribution in [3.63, 3.8) is 0 Å². The van der Waals surface area contributed by atoms with E-state index in [4.69, 9.17) is 9.84 Å². The Morgan fingerprint density at radius 1 is 1.30 bits per heavy atom. The first-order valence-corrected chi connectivity index (χ1v) is 13.9. The molecular weight excluding hydrogens is 502 g/mol. The molecule has 3 unspecified atom stereocenters. The number of aliphatic hydroxyl groups excluding tert-OH is 3. The molecule has 0 spiro atoms. The molecule has 0 aliphatic heterocycles. The van der Waals surface area contributed by atoms with Gasteiger partial charge in [-0.25, -0.2) is 8.78 Å². The second-order valence-electron chi connectivity index (χ2n) is 11.3. The van der Waals surface area contributed by atoms with Crippen LogP contribution in [0.1, 0.15) is 53.4 Å². The SMILES string of the molecule is CCC(O)O[C@]1(C(=O)SCC#CCO)[C@H](C)CC2C3C[C@H](F)C4=CC(=O)C=C[C@]4(C)[C@@]3(F)[C@@H](O)C[C@@]21C. The van der Waals surface area contributed by atoms with Crippen LogP contribution in [0.25, 0.3) is 0 Å². The number of ketones is 1. The third kappa shape index (κ3) is 3.89. The molecule has 4 aliphatic carbocycles. The summed E-state index contributed by atoms with van der Waals surface area (Å²) >= 11 is 0.904. The minimum atomic E-state index is -2.26. The van der Waals surface area contributed by atoms with Gasteiger partial charge in [0.1, 0.15) is 18.4 Å². The van der Waals surface area contributed by atoms with Crippen LogP contribution in [0.2, 0.25) is 0 Å². The summed E-state index contributed by atoms with van der Waals surface area (Å²) in [5.41, 5.74) is -6.40. The molecule has 37 heavy (non-hydrogen) atoms. The number of carbonyl (C=O) groups is 2. The maximum Gasteiger partial charge on any atom is 0.222 e. The maximum absolute atomic E-state index is 17.4. The quantitative estimate of drug-likeness (QED) is 0.365. The van der Waals surface area contributed by atoms with Gasteiger partial charge < -0.3 is 20.1 Å².